The van der Waals surface area contributed by atoms with Gasteiger partial charge in [0.15, 0.2) is 5.01 Å². The van der Waals surface area contributed by atoms with E-state index in [0.717, 1.165) is 16.3 Å². The standard InChI is InChI=1S/C14H11ClN4S/c15-12-9-5-4-8-11(12)13-17-19-14(20-13)18-16-10-6-2-1-3-7-10/h1-9,16H,(H,18,19). The van der Waals surface area contributed by atoms with Gasteiger partial charge in [0, 0.05) is 5.56 Å². The lowest BCUT2D eigenvalue weighted by Crippen LogP contribution is -2.07. The van der Waals surface area contributed by atoms with Crippen LogP contribution in [0.25, 0.3) is 10.6 Å². The van der Waals surface area contributed by atoms with Crippen molar-refractivity contribution in [2.24, 2.45) is 0 Å². The maximum atomic E-state index is 6.14. The highest BCUT2D eigenvalue weighted by atomic mass is 35.5. The number of para-hydroxylation sites is 1. The molecule has 0 unspecified atom stereocenters. The van der Waals surface area contributed by atoms with Gasteiger partial charge >= 0.3 is 0 Å². The normalized spacial score (nSPS) is 10.2. The van der Waals surface area contributed by atoms with Crippen LogP contribution in [0.5, 0.6) is 0 Å². The van der Waals surface area contributed by atoms with Gasteiger partial charge in [-0.1, -0.05) is 59.3 Å². The number of hydrogen-bond acceptors (Lipinski definition) is 5. The second-order valence-electron chi connectivity index (χ2n) is 4.01. The Kier molecular flexibility index (Phi) is 3.80. The number of halogens is 1. The summed E-state index contributed by atoms with van der Waals surface area (Å²) in [6.45, 7) is 0. The topological polar surface area (TPSA) is 49.8 Å². The molecule has 1 heterocycles. The van der Waals surface area contributed by atoms with E-state index in [-0.39, 0.29) is 0 Å². The molecule has 0 saturated heterocycles. The number of nitrogens with one attached hydrogen (secondary N) is 2. The van der Waals surface area contributed by atoms with Gasteiger partial charge in [-0.3, -0.25) is 10.9 Å². The van der Waals surface area contributed by atoms with Gasteiger partial charge in [0.25, 0.3) is 0 Å². The van der Waals surface area contributed by atoms with Crippen molar-refractivity contribution in [2.45, 2.75) is 0 Å². The minimum absolute atomic E-state index is 0.672. The van der Waals surface area contributed by atoms with Gasteiger partial charge in [-0.15, -0.1) is 10.2 Å². The lowest BCUT2D eigenvalue weighted by atomic mass is 10.2. The fourth-order valence-corrected chi connectivity index (χ4v) is 2.68. The van der Waals surface area contributed by atoms with Crippen LogP contribution in [0.15, 0.2) is 54.6 Å². The minimum atomic E-state index is 0.672. The van der Waals surface area contributed by atoms with Crippen LogP contribution in [0.2, 0.25) is 5.02 Å². The van der Waals surface area contributed by atoms with Crippen molar-refractivity contribution in [1.29, 1.82) is 0 Å². The lowest BCUT2D eigenvalue weighted by Gasteiger charge is -2.04. The van der Waals surface area contributed by atoms with Gasteiger partial charge < -0.3 is 0 Å². The summed E-state index contributed by atoms with van der Waals surface area (Å²) in [5, 5.41) is 10.4. The van der Waals surface area contributed by atoms with Crippen LogP contribution in [0.1, 0.15) is 0 Å². The van der Waals surface area contributed by atoms with E-state index in [9.17, 15) is 0 Å². The van der Waals surface area contributed by atoms with E-state index in [1.807, 2.05) is 54.6 Å². The van der Waals surface area contributed by atoms with Crippen LogP contribution in [-0.2, 0) is 0 Å². The molecular formula is C14H11ClN4S. The number of hydrazine groups is 1. The van der Waals surface area contributed by atoms with Gasteiger partial charge in [-0.05, 0) is 18.2 Å². The first-order valence-corrected chi connectivity index (χ1v) is 7.18. The molecule has 0 radical (unpaired) electrons. The van der Waals surface area contributed by atoms with Crippen molar-refractivity contribution in [3.63, 3.8) is 0 Å². The van der Waals surface area contributed by atoms with Crippen molar-refractivity contribution >= 4 is 33.8 Å². The molecule has 2 N–H and O–H groups in total. The van der Waals surface area contributed by atoms with Crippen LogP contribution < -0.4 is 10.9 Å². The average molecular weight is 303 g/mol. The molecule has 0 aliphatic heterocycles. The molecule has 4 nitrogen and oxygen atoms in total. The Morgan fingerprint density at radius 3 is 2.40 bits per heavy atom. The molecule has 0 bridgehead atoms. The van der Waals surface area contributed by atoms with Gasteiger partial charge in [0.05, 0.1) is 10.7 Å². The molecule has 0 aliphatic rings. The van der Waals surface area contributed by atoms with Crippen molar-refractivity contribution < 1.29 is 0 Å². The third-order valence-corrected chi connectivity index (χ3v) is 3.82. The lowest BCUT2D eigenvalue weighted by molar-refractivity contribution is 1.09. The fourth-order valence-electron chi connectivity index (χ4n) is 1.66. The zero-order valence-corrected chi connectivity index (χ0v) is 11.9. The number of nitrogens with zero attached hydrogens (tertiary/aromatic N) is 2. The van der Waals surface area contributed by atoms with Gasteiger partial charge in [-0.25, -0.2) is 0 Å². The number of anilines is 2. The van der Waals surface area contributed by atoms with Gasteiger partial charge in [0.1, 0.15) is 0 Å². The van der Waals surface area contributed by atoms with E-state index < -0.39 is 0 Å². The molecule has 3 aromatic rings. The van der Waals surface area contributed by atoms with E-state index in [2.05, 4.69) is 21.0 Å². The van der Waals surface area contributed by atoms with E-state index in [0.29, 0.717) is 10.2 Å². The molecule has 20 heavy (non-hydrogen) atoms. The van der Waals surface area contributed by atoms with Crippen molar-refractivity contribution in [2.75, 3.05) is 10.9 Å². The number of rotatable bonds is 4. The highest BCUT2D eigenvalue weighted by molar-refractivity contribution is 7.18. The summed E-state index contributed by atoms with van der Waals surface area (Å²) < 4.78 is 0. The smallest absolute Gasteiger partial charge is 0.224 e. The second-order valence-corrected chi connectivity index (χ2v) is 5.39. The highest BCUT2D eigenvalue weighted by Gasteiger charge is 2.09. The first-order chi connectivity index (χ1) is 9.83. The molecule has 6 heteroatoms. The summed E-state index contributed by atoms with van der Waals surface area (Å²) in [5.41, 5.74) is 7.94. The molecule has 3 rings (SSSR count). The molecule has 0 amide bonds. The Bertz CT molecular complexity index is 699. The Morgan fingerprint density at radius 1 is 0.850 bits per heavy atom. The molecular weight excluding hydrogens is 292 g/mol. The van der Waals surface area contributed by atoms with Crippen LogP contribution >= 0.6 is 22.9 Å². The van der Waals surface area contributed by atoms with Crippen LogP contribution in [0, 0.1) is 0 Å². The Morgan fingerprint density at radius 2 is 1.60 bits per heavy atom. The zero-order chi connectivity index (χ0) is 13.8. The Labute approximate surface area is 125 Å². The summed E-state index contributed by atoms with van der Waals surface area (Å²) in [5.74, 6) is 0. The number of hydrogen-bond donors (Lipinski definition) is 2. The third kappa shape index (κ3) is 2.89. The van der Waals surface area contributed by atoms with Crippen molar-refractivity contribution in [1.82, 2.24) is 10.2 Å². The number of benzene rings is 2. The summed E-state index contributed by atoms with van der Waals surface area (Å²) >= 11 is 7.58. The van der Waals surface area contributed by atoms with Gasteiger partial charge in [-0.2, -0.15) is 0 Å². The maximum Gasteiger partial charge on any atom is 0.224 e. The molecule has 0 spiro atoms. The quantitative estimate of drug-likeness (QED) is 0.706. The molecule has 0 saturated carbocycles. The van der Waals surface area contributed by atoms with E-state index in [1.165, 1.54) is 11.3 Å². The fraction of sp³-hybridized carbons (Fsp3) is 0. The first kappa shape index (κ1) is 12.9. The third-order valence-electron chi connectivity index (χ3n) is 2.62. The number of aromatic nitrogens is 2. The molecule has 1 aromatic heterocycles. The largest absolute Gasteiger partial charge is 0.299 e. The van der Waals surface area contributed by atoms with Crippen LogP contribution in [0.4, 0.5) is 10.8 Å². The van der Waals surface area contributed by atoms with Crippen LogP contribution in [0.3, 0.4) is 0 Å². The van der Waals surface area contributed by atoms with E-state index in [1.54, 1.807) is 0 Å². The monoisotopic (exact) mass is 302 g/mol. The van der Waals surface area contributed by atoms with E-state index in [4.69, 9.17) is 11.6 Å². The highest BCUT2D eigenvalue weighted by Crippen LogP contribution is 2.31. The summed E-state index contributed by atoms with van der Waals surface area (Å²) in [6.07, 6.45) is 0. The van der Waals surface area contributed by atoms with Crippen molar-refractivity contribution in [3.05, 3.63) is 59.6 Å². The molecule has 0 aliphatic carbocycles. The first-order valence-electron chi connectivity index (χ1n) is 5.98. The zero-order valence-electron chi connectivity index (χ0n) is 10.4. The second kappa shape index (κ2) is 5.90. The minimum Gasteiger partial charge on any atom is -0.299 e. The van der Waals surface area contributed by atoms with E-state index >= 15 is 0 Å². The van der Waals surface area contributed by atoms with Crippen molar-refractivity contribution in [3.8, 4) is 10.6 Å². The molecule has 0 fully saturated rings. The molecule has 100 valence electrons. The molecule has 2 aromatic carbocycles. The average Bonchev–Trinajstić information content (AvgIpc) is 2.95. The Balaban J connectivity index is 1.73. The Hall–Kier alpha value is -2.11. The van der Waals surface area contributed by atoms with Gasteiger partial charge in [0.2, 0.25) is 5.13 Å². The molecule has 0 atom stereocenters. The predicted molar refractivity (Wildman–Crippen MR) is 84.0 cm³/mol. The SMILES string of the molecule is Clc1ccccc1-c1nnc(NNc2ccccc2)s1. The summed E-state index contributed by atoms with van der Waals surface area (Å²) in [4.78, 5) is 0. The summed E-state index contributed by atoms with van der Waals surface area (Å²) in [6, 6.07) is 17.4. The maximum absolute atomic E-state index is 6.14. The summed E-state index contributed by atoms with van der Waals surface area (Å²) in [7, 11) is 0. The van der Waals surface area contributed by atoms with Crippen LogP contribution in [-0.4, -0.2) is 10.2 Å². The predicted octanol–water partition coefficient (Wildman–Crippen LogP) is 4.30.